The number of rotatable bonds is 2. The molecule has 0 aromatic heterocycles. The molecule has 2 nitrogen and oxygen atoms in total. The quantitative estimate of drug-likeness (QED) is 0.710. The van der Waals surface area contributed by atoms with Crippen LogP contribution in [0.4, 0.5) is 13.2 Å². The molecule has 0 unspecified atom stereocenters. The molecule has 5 heteroatoms. The van der Waals surface area contributed by atoms with Crippen LogP contribution in [0.25, 0.3) is 0 Å². The largest absolute Gasteiger partial charge is 0.414 e. The van der Waals surface area contributed by atoms with E-state index in [0.29, 0.717) is 0 Å². The lowest BCUT2D eigenvalue weighted by atomic mass is 9.84. The van der Waals surface area contributed by atoms with Gasteiger partial charge in [0.05, 0.1) is 0 Å². The number of hydrogen-bond acceptors (Lipinski definition) is 2. The summed E-state index contributed by atoms with van der Waals surface area (Å²) in [5, 5.41) is 8.71. The number of nitrogens with two attached hydrogens (primary N) is 1. The smallest absolute Gasteiger partial charge is 0.384 e. The molecule has 0 saturated heterocycles. The number of aliphatic hydroxyl groups excluding tert-OH is 1. The molecule has 2 atom stereocenters. The minimum absolute atomic E-state index is 0.424. The Morgan fingerprint density at radius 2 is 1.62 bits per heavy atom. The Morgan fingerprint density at radius 1 is 1.23 bits per heavy atom. The lowest BCUT2D eigenvalue weighted by Crippen LogP contribution is -2.42. The predicted molar refractivity (Wildman–Crippen MR) is 44.1 cm³/mol. The lowest BCUT2D eigenvalue weighted by molar-refractivity contribution is -0.207. The molecule has 0 bridgehead atoms. The maximum atomic E-state index is 11.9. The van der Waals surface area contributed by atoms with Crippen LogP contribution in [0.15, 0.2) is 0 Å². The van der Waals surface area contributed by atoms with Gasteiger partial charge in [-0.05, 0) is 11.8 Å². The highest BCUT2D eigenvalue weighted by Gasteiger charge is 2.40. The Bertz CT molecular complexity index is 144. The first kappa shape index (κ1) is 12.7. The standard InChI is InChI=1S/C8H16F3NO/c1-7(2,3)5(12)4-6(13)8(9,10)11/h5-6,13H,4,12H2,1-3H3/t5-,6+/m0/s1. The first-order chi connectivity index (χ1) is 5.55. The average molecular weight is 199 g/mol. The minimum atomic E-state index is -4.57. The Balaban J connectivity index is 4.15. The number of hydrogen-bond donors (Lipinski definition) is 2. The fourth-order valence-electron chi connectivity index (χ4n) is 0.728. The van der Waals surface area contributed by atoms with Gasteiger partial charge in [-0.3, -0.25) is 0 Å². The predicted octanol–water partition coefficient (Wildman–Crippen LogP) is 1.67. The van der Waals surface area contributed by atoms with Gasteiger partial charge in [-0.2, -0.15) is 13.2 Å². The molecule has 0 radical (unpaired) electrons. The Hall–Kier alpha value is -0.290. The second kappa shape index (κ2) is 3.84. The molecular formula is C8H16F3NO. The van der Waals surface area contributed by atoms with E-state index in [1.165, 1.54) is 0 Å². The van der Waals surface area contributed by atoms with E-state index >= 15 is 0 Å². The summed E-state index contributed by atoms with van der Waals surface area (Å²) in [6, 6.07) is -0.663. The van der Waals surface area contributed by atoms with Crippen molar-refractivity contribution in [3.63, 3.8) is 0 Å². The first-order valence-electron chi connectivity index (χ1n) is 4.05. The van der Waals surface area contributed by atoms with Gasteiger partial charge < -0.3 is 10.8 Å². The van der Waals surface area contributed by atoms with E-state index < -0.39 is 30.2 Å². The van der Waals surface area contributed by atoms with Crippen molar-refractivity contribution in [2.24, 2.45) is 11.1 Å². The van der Waals surface area contributed by atoms with Crippen LogP contribution >= 0.6 is 0 Å². The second-order valence-electron chi connectivity index (χ2n) is 4.27. The van der Waals surface area contributed by atoms with E-state index in [1.54, 1.807) is 20.8 Å². The van der Waals surface area contributed by atoms with Crippen molar-refractivity contribution >= 4 is 0 Å². The van der Waals surface area contributed by atoms with Crippen molar-refractivity contribution in [3.05, 3.63) is 0 Å². The van der Waals surface area contributed by atoms with Crippen molar-refractivity contribution in [1.29, 1.82) is 0 Å². The third-order valence-corrected chi connectivity index (χ3v) is 1.97. The monoisotopic (exact) mass is 199 g/mol. The summed E-state index contributed by atoms with van der Waals surface area (Å²) in [4.78, 5) is 0. The molecule has 0 aliphatic rings. The van der Waals surface area contributed by atoms with Crippen molar-refractivity contribution in [3.8, 4) is 0 Å². The van der Waals surface area contributed by atoms with Crippen molar-refractivity contribution in [2.75, 3.05) is 0 Å². The number of halogens is 3. The van der Waals surface area contributed by atoms with E-state index in [2.05, 4.69) is 0 Å². The second-order valence-corrected chi connectivity index (χ2v) is 4.27. The summed E-state index contributed by atoms with van der Waals surface area (Å²) in [5.74, 6) is 0. The molecule has 0 rings (SSSR count). The maximum absolute atomic E-state index is 11.9. The highest BCUT2D eigenvalue weighted by atomic mass is 19.4. The molecule has 0 saturated carbocycles. The zero-order chi connectivity index (χ0) is 10.9. The van der Waals surface area contributed by atoms with Crippen LogP contribution in [0.3, 0.4) is 0 Å². The highest BCUT2D eigenvalue weighted by molar-refractivity contribution is 4.81. The summed E-state index contributed by atoms with van der Waals surface area (Å²) in [5.41, 5.74) is 5.06. The van der Waals surface area contributed by atoms with Gasteiger partial charge in [0.25, 0.3) is 0 Å². The Morgan fingerprint density at radius 3 is 1.85 bits per heavy atom. The van der Waals surface area contributed by atoms with E-state index in [0.717, 1.165) is 0 Å². The summed E-state index contributed by atoms with van der Waals surface area (Å²) >= 11 is 0. The van der Waals surface area contributed by atoms with Crippen molar-refractivity contribution in [1.82, 2.24) is 0 Å². The molecule has 0 heterocycles. The van der Waals surface area contributed by atoms with Crippen LogP contribution in [-0.2, 0) is 0 Å². The van der Waals surface area contributed by atoms with Gasteiger partial charge >= 0.3 is 6.18 Å². The summed E-state index contributed by atoms with van der Waals surface area (Å²) in [6.07, 6.45) is -7.34. The molecule has 0 aliphatic carbocycles. The lowest BCUT2D eigenvalue weighted by Gasteiger charge is -2.29. The summed E-state index contributed by atoms with van der Waals surface area (Å²) in [7, 11) is 0. The van der Waals surface area contributed by atoms with Gasteiger partial charge in [0.2, 0.25) is 0 Å². The maximum Gasteiger partial charge on any atom is 0.414 e. The Kier molecular flexibility index (Phi) is 3.75. The van der Waals surface area contributed by atoms with E-state index in [9.17, 15) is 13.2 Å². The molecule has 0 aliphatic heterocycles. The SMILES string of the molecule is CC(C)(C)[C@@H](N)C[C@@H](O)C(F)(F)F. The zero-order valence-electron chi connectivity index (χ0n) is 8.02. The third-order valence-electron chi connectivity index (χ3n) is 1.97. The highest BCUT2D eigenvalue weighted by Crippen LogP contribution is 2.27. The molecule has 0 fully saturated rings. The van der Waals surface area contributed by atoms with E-state index in [1.807, 2.05) is 0 Å². The van der Waals surface area contributed by atoms with Gasteiger partial charge in [0.1, 0.15) is 0 Å². The van der Waals surface area contributed by atoms with E-state index in [-0.39, 0.29) is 0 Å². The number of alkyl halides is 3. The topological polar surface area (TPSA) is 46.2 Å². The van der Waals surface area contributed by atoms with Gasteiger partial charge in [-0.15, -0.1) is 0 Å². The van der Waals surface area contributed by atoms with Gasteiger partial charge in [-0.1, -0.05) is 20.8 Å². The first-order valence-corrected chi connectivity index (χ1v) is 4.05. The van der Waals surface area contributed by atoms with Crippen LogP contribution in [0, 0.1) is 5.41 Å². The molecule has 80 valence electrons. The third kappa shape index (κ3) is 4.47. The van der Waals surface area contributed by atoms with Gasteiger partial charge in [0.15, 0.2) is 6.10 Å². The molecule has 0 amide bonds. The zero-order valence-corrected chi connectivity index (χ0v) is 8.02. The number of aliphatic hydroxyl groups is 1. The summed E-state index contributed by atoms with van der Waals surface area (Å²) in [6.45, 7) is 5.21. The molecule has 0 spiro atoms. The normalized spacial score (nSPS) is 18.5. The van der Waals surface area contributed by atoms with Crippen LogP contribution in [0.2, 0.25) is 0 Å². The summed E-state index contributed by atoms with van der Waals surface area (Å²) < 4.78 is 35.7. The van der Waals surface area contributed by atoms with Crippen molar-refractivity contribution in [2.45, 2.75) is 45.5 Å². The minimum Gasteiger partial charge on any atom is -0.384 e. The Labute approximate surface area is 75.9 Å². The van der Waals surface area contributed by atoms with Gasteiger partial charge in [-0.25, -0.2) is 0 Å². The van der Waals surface area contributed by atoms with Crippen molar-refractivity contribution < 1.29 is 18.3 Å². The van der Waals surface area contributed by atoms with Crippen LogP contribution < -0.4 is 5.73 Å². The van der Waals surface area contributed by atoms with E-state index in [4.69, 9.17) is 10.8 Å². The fourth-order valence-corrected chi connectivity index (χ4v) is 0.728. The fraction of sp³-hybridized carbons (Fsp3) is 1.00. The van der Waals surface area contributed by atoms with Crippen LogP contribution in [0.1, 0.15) is 27.2 Å². The average Bonchev–Trinajstić information content (AvgIpc) is 1.82. The molecule has 0 aromatic carbocycles. The van der Waals surface area contributed by atoms with Crippen LogP contribution in [0.5, 0.6) is 0 Å². The van der Waals surface area contributed by atoms with Crippen LogP contribution in [-0.4, -0.2) is 23.4 Å². The molecular weight excluding hydrogens is 183 g/mol. The molecule has 3 N–H and O–H groups in total. The molecule has 0 aromatic rings. The molecule has 13 heavy (non-hydrogen) atoms. The van der Waals surface area contributed by atoms with Gasteiger partial charge in [0, 0.05) is 6.04 Å².